The van der Waals surface area contributed by atoms with E-state index in [4.69, 9.17) is 5.26 Å². The van der Waals surface area contributed by atoms with E-state index in [1.165, 1.54) is 5.56 Å². The molecule has 0 N–H and O–H groups in total. The predicted octanol–water partition coefficient (Wildman–Crippen LogP) is 2.44. The summed E-state index contributed by atoms with van der Waals surface area (Å²) in [6.45, 7) is 6.02. The number of piperidine rings is 1. The summed E-state index contributed by atoms with van der Waals surface area (Å²) in [6.07, 6.45) is 1.93. The molecule has 0 aliphatic carbocycles. The number of hydrogen-bond acceptors (Lipinski definition) is 3. The zero-order valence-corrected chi connectivity index (χ0v) is 9.90. The van der Waals surface area contributed by atoms with Crippen LogP contribution in [0.15, 0.2) is 12.1 Å². The molecule has 3 nitrogen and oxygen atoms in total. The maximum absolute atomic E-state index is 8.84. The van der Waals surface area contributed by atoms with Gasteiger partial charge in [0.15, 0.2) is 0 Å². The van der Waals surface area contributed by atoms with Gasteiger partial charge in [0.2, 0.25) is 0 Å². The van der Waals surface area contributed by atoms with Crippen molar-refractivity contribution in [1.82, 2.24) is 4.98 Å². The first kappa shape index (κ1) is 10.9. The van der Waals surface area contributed by atoms with Gasteiger partial charge in [0.25, 0.3) is 0 Å². The minimum Gasteiger partial charge on any atom is -0.357 e. The number of hydrogen-bond donors (Lipinski definition) is 0. The normalized spacial score (nSPS) is 17.2. The Morgan fingerprint density at radius 2 is 2.00 bits per heavy atom. The van der Waals surface area contributed by atoms with E-state index in [2.05, 4.69) is 35.0 Å². The Morgan fingerprint density at radius 1 is 1.31 bits per heavy atom. The molecular formula is C13H17N3. The van der Waals surface area contributed by atoms with Crippen molar-refractivity contribution in [3.05, 3.63) is 23.4 Å². The van der Waals surface area contributed by atoms with Gasteiger partial charge in [-0.1, -0.05) is 6.07 Å². The second-order valence-corrected chi connectivity index (χ2v) is 4.46. The number of aromatic nitrogens is 1. The molecule has 0 aromatic carbocycles. The average molecular weight is 215 g/mol. The number of rotatable bonds is 1. The fourth-order valence-electron chi connectivity index (χ4n) is 2.03. The van der Waals surface area contributed by atoms with E-state index in [0.717, 1.165) is 37.4 Å². The van der Waals surface area contributed by atoms with Crippen LogP contribution in [0.25, 0.3) is 0 Å². The van der Waals surface area contributed by atoms with Crippen LogP contribution in [-0.4, -0.2) is 18.1 Å². The summed E-state index contributed by atoms with van der Waals surface area (Å²) in [5, 5.41) is 8.84. The summed E-state index contributed by atoms with van der Waals surface area (Å²) in [7, 11) is 0. The molecule has 3 heteroatoms. The molecule has 16 heavy (non-hydrogen) atoms. The van der Waals surface area contributed by atoms with Gasteiger partial charge in [-0.25, -0.2) is 4.98 Å². The van der Waals surface area contributed by atoms with Crippen LogP contribution in [0.4, 0.5) is 5.82 Å². The SMILES string of the molecule is Cc1ccc(N2CCC(C#N)CC2)nc1C. The third-order valence-corrected chi connectivity index (χ3v) is 3.34. The highest BCUT2D eigenvalue weighted by atomic mass is 15.2. The fourth-order valence-corrected chi connectivity index (χ4v) is 2.03. The molecular weight excluding hydrogens is 198 g/mol. The smallest absolute Gasteiger partial charge is 0.128 e. The first-order valence-electron chi connectivity index (χ1n) is 5.79. The Bertz CT molecular complexity index is 412. The third-order valence-electron chi connectivity index (χ3n) is 3.34. The van der Waals surface area contributed by atoms with Crippen LogP contribution in [0.1, 0.15) is 24.1 Å². The van der Waals surface area contributed by atoms with Crippen LogP contribution in [0.2, 0.25) is 0 Å². The highest BCUT2D eigenvalue weighted by Gasteiger charge is 2.19. The Balaban J connectivity index is 2.09. The van der Waals surface area contributed by atoms with Crippen molar-refractivity contribution in [3.8, 4) is 6.07 Å². The number of aryl methyl sites for hydroxylation is 2. The Hall–Kier alpha value is -1.56. The molecule has 2 heterocycles. The van der Waals surface area contributed by atoms with Crippen molar-refractivity contribution in [2.24, 2.45) is 5.92 Å². The van der Waals surface area contributed by atoms with Crippen molar-refractivity contribution in [2.45, 2.75) is 26.7 Å². The van der Waals surface area contributed by atoms with Crippen LogP contribution in [0.5, 0.6) is 0 Å². The first-order valence-corrected chi connectivity index (χ1v) is 5.79. The molecule has 0 bridgehead atoms. The number of nitrogens with zero attached hydrogens (tertiary/aromatic N) is 3. The van der Waals surface area contributed by atoms with Crippen LogP contribution in [0, 0.1) is 31.1 Å². The summed E-state index contributed by atoms with van der Waals surface area (Å²) in [5.74, 6) is 1.29. The molecule has 1 aliphatic heterocycles. The minimum absolute atomic E-state index is 0.239. The van der Waals surface area contributed by atoms with Gasteiger partial charge in [0.1, 0.15) is 5.82 Å². The van der Waals surface area contributed by atoms with E-state index in [-0.39, 0.29) is 5.92 Å². The molecule has 0 spiro atoms. The van der Waals surface area contributed by atoms with E-state index in [0.29, 0.717) is 0 Å². The highest BCUT2D eigenvalue weighted by Crippen LogP contribution is 2.22. The topological polar surface area (TPSA) is 39.9 Å². The molecule has 2 rings (SSSR count). The molecule has 0 saturated carbocycles. The molecule has 1 aliphatic rings. The quantitative estimate of drug-likeness (QED) is 0.722. The fraction of sp³-hybridized carbons (Fsp3) is 0.538. The van der Waals surface area contributed by atoms with Crippen molar-refractivity contribution >= 4 is 5.82 Å². The zero-order valence-electron chi connectivity index (χ0n) is 9.90. The van der Waals surface area contributed by atoms with Crippen LogP contribution in [0.3, 0.4) is 0 Å². The summed E-state index contributed by atoms with van der Waals surface area (Å²) in [5.41, 5.74) is 2.33. The maximum Gasteiger partial charge on any atom is 0.128 e. The second-order valence-electron chi connectivity index (χ2n) is 4.46. The van der Waals surface area contributed by atoms with Crippen molar-refractivity contribution in [1.29, 1.82) is 5.26 Å². The molecule has 0 atom stereocenters. The van der Waals surface area contributed by atoms with Gasteiger partial charge in [-0.3, -0.25) is 0 Å². The highest BCUT2D eigenvalue weighted by molar-refractivity contribution is 5.41. The van der Waals surface area contributed by atoms with Gasteiger partial charge in [-0.15, -0.1) is 0 Å². The molecule has 0 unspecified atom stereocenters. The molecule has 0 radical (unpaired) electrons. The summed E-state index contributed by atoms with van der Waals surface area (Å²) < 4.78 is 0. The lowest BCUT2D eigenvalue weighted by Crippen LogP contribution is -2.33. The number of pyridine rings is 1. The van der Waals surface area contributed by atoms with Gasteiger partial charge >= 0.3 is 0 Å². The number of anilines is 1. The van der Waals surface area contributed by atoms with E-state index in [1.807, 2.05) is 6.92 Å². The third kappa shape index (κ3) is 2.16. The predicted molar refractivity (Wildman–Crippen MR) is 64.3 cm³/mol. The van der Waals surface area contributed by atoms with Gasteiger partial charge in [0, 0.05) is 24.7 Å². The minimum atomic E-state index is 0.239. The average Bonchev–Trinajstić information content (AvgIpc) is 2.33. The Labute approximate surface area is 96.7 Å². The lowest BCUT2D eigenvalue weighted by atomic mass is 9.98. The van der Waals surface area contributed by atoms with E-state index in [9.17, 15) is 0 Å². The molecule has 84 valence electrons. The van der Waals surface area contributed by atoms with Gasteiger partial charge < -0.3 is 4.90 Å². The number of nitriles is 1. The van der Waals surface area contributed by atoms with Crippen molar-refractivity contribution < 1.29 is 0 Å². The Kier molecular flexibility index (Phi) is 3.09. The Morgan fingerprint density at radius 3 is 2.56 bits per heavy atom. The van der Waals surface area contributed by atoms with E-state index in [1.54, 1.807) is 0 Å². The standard InChI is InChI=1S/C13H17N3/c1-10-3-4-13(15-11(10)2)16-7-5-12(9-14)6-8-16/h3-4,12H,5-8H2,1-2H3. The molecule has 1 aromatic rings. The summed E-state index contributed by atoms with van der Waals surface area (Å²) in [6, 6.07) is 6.55. The van der Waals surface area contributed by atoms with Crippen molar-refractivity contribution in [2.75, 3.05) is 18.0 Å². The maximum atomic E-state index is 8.84. The first-order chi connectivity index (χ1) is 7.70. The largest absolute Gasteiger partial charge is 0.357 e. The summed E-state index contributed by atoms with van der Waals surface area (Å²) in [4.78, 5) is 6.87. The lowest BCUT2D eigenvalue weighted by molar-refractivity contribution is 0.485. The van der Waals surface area contributed by atoms with Gasteiger partial charge in [0.05, 0.1) is 6.07 Å². The monoisotopic (exact) mass is 215 g/mol. The zero-order chi connectivity index (χ0) is 11.5. The van der Waals surface area contributed by atoms with E-state index < -0.39 is 0 Å². The van der Waals surface area contributed by atoms with Crippen molar-refractivity contribution in [3.63, 3.8) is 0 Å². The van der Waals surface area contributed by atoms with Gasteiger partial charge in [-0.2, -0.15) is 5.26 Å². The van der Waals surface area contributed by atoms with Crippen LogP contribution >= 0.6 is 0 Å². The summed E-state index contributed by atoms with van der Waals surface area (Å²) >= 11 is 0. The second kappa shape index (κ2) is 4.52. The van der Waals surface area contributed by atoms with Gasteiger partial charge in [-0.05, 0) is 38.3 Å². The van der Waals surface area contributed by atoms with Crippen LogP contribution in [-0.2, 0) is 0 Å². The van der Waals surface area contributed by atoms with E-state index >= 15 is 0 Å². The lowest BCUT2D eigenvalue weighted by Gasteiger charge is -2.30. The molecule has 1 saturated heterocycles. The molecule has 0 amide bonds. The molecule has 1 fully saturated rings. The molecule has 1 aromatic heterocycles. The van der Waals surface area contributed by atoms with Crippen LogP contribution < -0.4 is 4.90 Å².